The van der Waals surface area contributed by atoms with Gasteiger partial charge in [-0.05, 0) is 6.92 Å². The Morgan fingerprint density at radius 1 is 0.778 bits per heavy atom. The summed E-state index contributed by atoms with van der Waals surface area (Å²) in [5.74, 6) is -2.05. The van der Waals surface area contributed by atoms with Gasteiger partial charge in [0, 0.05) is 36.4 Å². The maximum absolute atomic E-state index is 14.4. The number of ether oxygens (including phenoxy) is 1. The second kappa shape index (κ2) is 10.5. The van der Waals surface area contributed by atoms with Crippen LogP contribution in [0.3, 0.4) is 0 Å². The van der Waals surface area contributed by atoms with Crippen LogP contribution >= 0.6 is 0 Å². The van der Waals surface area contributed by atoms with E-state index >= 15 is 0 Å². The summed E-state index contributed by atoms with van der Waals surface area (Å²) < 4.78 is 5.23. The zero-order chi connectivity index (χ0) is 25.7. The fourth-order valence-electron chi connectivity index (χ4n) is 4.83. The van der Waals surface area contributed by atoms with Gasteiger partial charge in [-0.3, -0.25) is 14.4 Å². The second-order valence-corrected chi connectivity index (χ2v) is 8.71. The monoisotopic (exact) mass is 481 g/mol. The summed E-state index contributed by atoms with van der Waals surface area (Å²) >= 11 is 0. The topological polar surface area (TPSA) is 80.8 Å². The van der Waals surface area contributed by atoms with Crippen LogP contribution in [0, 0.1) is 5.41 Å². The third kappa shape index (κ3) is 4.50. The summed E-state index contributed by atoms with van der Waals surface area (Å²) in [5.41, 5.74) is -0.808. The molecule has 0 radical (unpaired) electrons. The molecule has 1 aliphatic heterocycles. The number of hydrogen-bond donors (Lipinski definition) is 0. The minimum absolute atomic E-state index is 0.137. The van der Waals surface area contributed by atoms with Crippen LogP contribution in [-0.2, 0) is 9.53 Å². The molecule has 36 heavy (non-hydrogen) atoms. The fraction of sp³-hybridized carbons (Fsp3) is 0.200. The first-order valence-electron chi connectivity index (χ1n) is 11.8. The standard InChI is InChI=1S/C30H27NO5/c1-3-36-29(35)24-19-30(27(33)22-15-9-5-10-16-22,28(34)23-17-11-6-12-18-23)26(31(2)20-24)25(32)21-13-7-4-8-14-21/h4-18,20,26H,3,19H2,1-2H3. The van der Waals surface area contributed by atoms with Gasteiger partial charge in [-0.25, -0.2) is 4.79 Å². The van der Waals surface area contributed by atoms with E-state index in [1.165, 1.54) is 11.1 Å². The minimum Gasteiger partial charge on any atom is -0.463 e. The van der Waals surface area contributed by atoms with E-state index in [1.807, 2.05) is 0 Å². The average molecular weight is 482 g/mol. The molecule has 0 fully saturated rings. The summed E-state index contributed by atoms with van der Waals surface area (Å²) in [7, 11) is 1.61. The summed E-state index contributed by atoms with van der Waals surface area (Å²) in [6.45, 7) is 1.82. The molecule has 3 aromatic carbocycles. The zero-order valence-corrected chi connectivity index (χ0v) is 20.2. The Labute approximate surface area is 210 Å². The lowest BCUT2D eigenvalue weighted by atomic mass is 9.62. The van der Waals surface area contributed by atoms with Crippen LogP contribution in [-0.4, -0.2) is 47.9 Å². The Balaban J connectivity index is 1.99. The van der Waals surface area contributed by atoms with Gasteiger partial charge in [-0.2, -0.15) is 0 Å². The Morgan fingerprint density at radius 3 is 1.67 bits per heavy atom. The highest BCUT2D eigenvalue weighted by Crippen LogP contribution is 2.44. The number of ketones is 3. The van der Waals surface area contributed by atoms with E-state index in [2.05, 4.69) is 0 Å². The highest BCUT2D eigenvalue weighted by Gasteiger charge is 2.59. The lowest BCUT2D eigenvalue weighted by Gasteiger charge is -2.45. The SMILES string of the molecule is CCOC(=O)C1=CN(C)C(C(=O)c2ccccc2)C(C(=O)c2ccccc2)(C(=O)c2ccccc2)C1. The van der Waals surface area contributed by atoms with Crippen molar-refractivity contribution in [3.8, 4) is 0 Å². The quantitative estimate of drug-likeness (QED) is 0.262. The van der Waals surface area contributed by atoms with Gasteiger partial charge in [-0.15, -0.1) is 0 Å². The predicted molar refractivity (Wildman–Crippen MR) is 136 cm³/mol. The Hall–Kier alpha value is -4.32. The van der Waals surface area contributed by atoms with Gasteiger partial charge in [0.05, 0.1) is 12.2 Å². The van der Waals surface area contributed by atoms with E-state index in [4.69, 9.17) is 4.74 Å². The Bertz CT molecular complexity index is 1250. The molecule has 0 aliphatic carbocycles. The minimum atomic E-state index is -1.90. The van der Waals surface area contributed by atoms with E-state index in [0.717, 1.165) is 0 Å². The summed E-state index contributed by atoms with van der Waals surface area (Å²) in [4.78, 5) is 57.1. The van der Waals surface area contributed by atoms with Gasteiger partial charge in [0.2, 0.25) is 0 Å². The number of carbonyl (C=O) groups is 4. The van der Waals surface area contributed by atoms with E-state index in [1.54, 1.807) is 105 Å². The molecule has 4 rings (SSSR count). The number of rotatable bonds is 8. The molecule has 0 aromatic heterocycles. The lowest BCUT2D eigenvalue weighted by molar-refractivity contribution is -0.139. The van der Waals surface area contributed by atoms with E-state index in [0.29, 0.717) is 5.56 Å². The molecule has 1 unspecified atom stereocenters. The van der Waals surface area contributed by atoms with Crippen molar-refractivity contribution in [2.24, 2.45) is 5.41 Å². The second-order valence-electron chi connectivity index (χ2n) is 8.71. The third-order valence-corrected chi connectivity index (χ3v) is 6.43. The first kappa shape index (κ1) is 24.8. The molecule has 1 heterocycles. The molecule has 0 amide bonds. The van der Waals surface area contributed by atoms with E-state index in [-0.39, 0.29) is 35.5 Å². The Kier molecular flexibility index (Phi) is 7.25. The van der Waals surface area contributed by atoms with E-state index < -0.39 is 29.0 Å². The van der Waals surface area contributed by atoms with Crippen LogP contribution < -0.4 is 0 Å². The molecule has 0 saturated carbocycles. The number of hydrogen-bond acceptors (Lipinski definition) is 6. The number of nitrogens with zero attached hydrogens (tertiary/aromatic N) is 1. The molecule has 0 spiro atoms. The summed E-state index contributed by atoms with van der Waals surface area (Å²) in [6, 6.07) is 24.2. The van der Waals surface area contributed by atoms with Crippen molar-refractivity contribution in [1.29, 1.82) is 0 Å². The van der Waals surface area contributed by atoms with Crippen LogP contribution in [0.2, 0.25) is 0 Å². The van der Waals surface area contributed by atoms with Crippen molar-refractivity contribution in [2.75, 3.05) is 13.7 Å². The van der Waals surface area contributed by atoms with Gasteiger partial charge in [-0.1, -0.05) is 91.0 Å². The van der Waals surface area contributed by atoms with Crippen molar-refractivity contribution < 1.29 is 23.9 Å². The number of likely N-dealkylation sites (N-methyl/N-ethyl adjacent to an activating group) is 1. The highest BCUT2D eigenvalue weighted by atomic mass is 16.5. The molecular weight excluding hydrogens is 454 g/mol. The largest absolute Gasteiger partial charge is 0.463 e. The fourth-order valence-corrected chi connectivity index (χ4v) is 4.83. The first-order chi connectivity index (χ1) is 17.4. The third-order valence-electron chi connectivity index (χ3n) is 6.43. The van der Waals surface area contributed by atoms with E-state index in [9.17, 15) is 19.2 Å². The Morgan fingerprint density at radius 2 is 1.22 bits per heavy atom. The molecule has 6 heteroatoms. The normalized spacial score (nSPS) is 16.6. The predicted octanol–water partition coefficient (Wildman–Crippen LogP) is 4.77. The molecule has 0 saturated heterocycles. The average Bonchev–Trinajstić information content (AvgIpc) is 2.93. The maximum Gasteiger partial charge on any atom is 0.335 e. The lowest BCUT2D eigenvalue weighted by Crippen LogP contribution is -2.60. The first-order valence-corrected chi connectivity index (χ1v) is 11.8. The number of carbonyl (C=O) groups excluding carboxylic acids is 4. The van der Waals surface area contributed by atoms with Crippen LogP contribution in [0.25, 0.3) is 0 Å². The van der Waals surface area contributed by atoms with Crippen LogP contribution in [0.5, 0.6) is 0 Å². The number of Topliss-reactive ketones (excluding diaryl/α,β-unsaturated/α-hetero) is 3. The van der Waals surface area contributed by atoms with Gasteiger partial charge < -0.3 is 9.64 Å². The van der Waals surface area contributed by atoms with Crippen molar-refractivity contribution in [1.82, 2.24) is 4.90 Å². The van der Waals surface area contributed by atoms with Crippen molar-refractivity contribution >= 4 is 23.3 Å². The van der Waals surface area contributed by atoms with Crippen molar-refractivity contribution in [2.45, 2.75) is 19.4 Å². The van der Waals surface area contributed by atoms with Gasteiger partial charge >= 0.3 is 5.97 Å². The van der Waals surface area contributed by atoms with Gasteiger partial charge in [0.25, 0.3) is 0 Å². The molecular formula is C30H27NO5. The molecule has 0 N–H and O–H groups in total. The maximum atomic E-state index is 14.4. The van der Waals surface area contributed by atoms with Crippen molar-refractivity contribution in [3.05, 3.63) is 119 Å². The van der Waals surface area contributed by atoms with Crippen LogP contribution in [0.1, 0.15) is 44.4 Å². The van der Waals surface area contributed by atoms with Crippen LogP contribution in [0.15, 0.2) is 103 Å². The van der Waals surface area contributed by atoms with Gasteiger partial charge in [0.15, 0.2) is 17.3 Å². The molecule has 6 nitrogen and oxygen atoms in total. The summed E-state index contributed by atoms with van der Waals surface area (Å²) in [5, 5.41) is 0. The van der Waals surface area contributed by atoms with Crippen molar-refractivity contribution in [3.63, 3.8) is 0 Å². The van der Waals surface area contributed by atoms with Crippen LogP contribution in [0.4, 0.5) is 0 Å². The summed E-state index contributed by atoms with van der Waals surface area (Å²) in [6.07, 6.45) is 1.25. The highest BCUT2D eigenvalue weighted by molar-refractivity contribution is 6.24. The molecule has 1 aliphatic rings. The molecule has 182 valence electrons. The smallest absolute Gasteiger partial charge is 0.335 e. The molecule has 3 aromatic rings. The zero-order valence-electron chi connectivity index (χ0n) is 20.2. The number of esters is 1. The van der Waals surface area contributed by atoms with Gasteiger partial charge in [0.1, 0.15) is 11.5 Å². The molecule has 0 bridgehead atoms. The number of benzene rings is 3. The molecule has 1 atom stereocenters.